The maximum absolute atomic E-state index is 12.1. The SMILES string of the molecule is Cc1cccc(S(=O)(=O)NC(=O)Nc2cc(Br)cc(N)n2)c1. The minimum Gasteiger partial charge on any atom is -0.384 e. The van der Waals surface area contributed by atoms with E-state index in [4.69, 9.17) is 5.73 Å². The van der Waals surface area contributed by atoms with Crippen molar-refractivity contribution in [2.45, 2.75) is 11.8 Å². The van der Waals surface area contributed by atoms with Gasteiger partial charge in [-0.3, -0.25) is 5.32 Å². The van der Waals surface area contributed by atoms with Gasteiger partial charge < -0.3 is 5.73 Å². The molecule has 0 aliphatic rings. The molecular formula is C13H13BrN4O3S. The number of pyridine rings is 1. The predicted molar refractivity (Wildman–Crippen MR) is 86.9 cm³/mol. The first-order chi connectivity index (χ1) is 10.3. The molecule has 22 heavy (non-hydrogen) atoms. The molecule has 9 heteroatoms. The van der Waals surface area contributed by atoms with E-state index in [0.717, 1.165) is 5.56 Å². The minimum absolute atomic E-state index is 0.00404. The van der Waals surface area contributed by atoms with Gasteiger partial charge in [0.2, 0.25) is 0 Å². The molecular weight excluding hydrogens is 372 g/mol. The third-order valence-electron chi connectivity index (χ3n) is 2.58. The van der Waals surface area contributed by atoms with E-state index in [9.17, 15) is 13.2 Å². The summed E-state index contributed by atoms with van der Waals surface area (Å²) in [4.78, 5) is 15.7. The fraction of sp³-hybridized carbons (Fsp3) is 0.0769. The lowest BCUT2D eigenvalue weighted by molar-refractivity contribution is 0.256. The average Bonchev–Trinajstić information content (AvgIpc) is 2.36. The summed E-state index contributed by atoms with van der Waals surface area (Å²) >= 11 is 3.20. The van der Waals surface area contributed by atoms with Crippen LogP contribution in [0.5, 0.6) is 0 Å². The highest BCUT2D eigenvalue weighted by Gasteiger charge is 2.18. The summed E-state index contributed by atoms with van der Waals surface area (Å²) in [6.07, 6.45) is 0. The lowest BCUT2D eigenvalue weighted by Crippen LogP contribution is -2.34. The number of carbonyl (C=O) groups is 1. The van der Waals surface area contributed by atoms with Crippen molar-refractivity contribution in [3.63, 3.8) is 0 Å². The quantitative estimate of drug-likeness (QED) is 0.750. The summed E-state index contributed by atoms with van der Waals surface area (Å²) in [6.45, 7) is 1.76. The number of carbonyl (C=O) groups excluding carboxylic acids is 1. The Morgan fingerprint density at radius 3 is 2.64 bits per heavy atom. The van der Waals surface area contributed by atoms with Crippen molar-refractivity contribution in [3.8, 4) is 0 Å². The predicted octanol–water partition coefficient (Wildman–Crippen LogP) is 2.25. The van der Waals surface area contributed by atoms with E-state index in [1.807, 2.05) is 4.72 Å². The number of benzene rings is 1. The first-order valence-corrected chi connectivity index (χ1v) is 8.37. The van der Waals surface area contributed by atoms with Crippen LogP contribution in [0.2, 0.25) is 0 Å². The van der Waals surface area contributed by atoms with Crippen molar-refractivity contribution >= 4 is 43.6 Å². The summed E-state index contributed by atoms with van der Waals surface area (Å²) in [6, 6.07) is 8.34. The molecule has 2 rings (SSSR count). The van der Waals surface area contributed by atoms with Crippen LogP contribution in [0.15, 0.2) is 45.8 Å². The highest BCUT2D eigenvalue weighted by molar-refractivity contribution is 9.10. The van der Waals surface area contributed by atoms with Crippen LogP contribution in [-0.4, -0.2) is 19.4 Å². The molecule has 2 amide bonds. The Kier molecular flexibility index (Phi) is 4.67. The molecule has 0 radical (unpaired) electrons. The number of hydrogen-bond acceptors (Lipinski definition) is 5. The molecule has 1 heterocycles. The zero-order chi connectivity index (χ0) is 16.3. The Balaban J connectivity index is 2.14. The molecule has 4 N–H and O–H groups in total. The number of halogens is 1. The Labute approximate surface area is 136 Å². The van der Waals surface area contributed by atoms with Gasteiger partial charge in [-0.05, 0) is 36.8 Å². The first kappa shape index (κ1) is 16.2. The smallest absolute Gasteiger partial charge is 0.334 e. The van der Waals surface area contributed by atoms with E-state index in [1.165, 1.54) is 18.2 Å². The van der Waals surface area contributed by atoms with Crippen LogP contribution < -0.4 is 15.8 Å². The van der Waals surface area contributed by atoms with Gasteiger partial charge in [-0.15, -0.1) is 0 Å². The fourth-order valence-corrected chi connectivity index (χ4v) is 3.15. The highest BCUT2D eigenvalue weighted by atomic mass is 79.9. The molecule has 0 fully saturated rings. The molecule has 0 bridgehead atoms. The zero-order valence-corrected chi connectivity index (χ0v) is 13.9. The Morgan fingerprint density at radius 1 is 1.27 bits per heavy atom. The molecule has 1 aromatic heterocycles. The average molecular weight is 385 g/mol. The van der Waals surface area contributed by atoms with Crippen LogP contribution in [0.4, 0.5) is 16.4 Å². The molecule has 0 saturated heterocycles. The van der Waals surface area contributed by atoms with Crippen molar-refractivity contribution in [3.05, 3.63) is 46.4 Å². The van der Waals surface area contributed by atoms with E-state index in [-0.39, 0.29) is 16.5 Å². The summed E-state index contributed by atoms with van der Waals surface area (Å²) in [5.41, 5.74) is 6.31. The molecule has 2 aromatic rings. The van der Waals surface area contributed by atoms with E-state index < -0.39 is 16.1 Å². The monoisotopic (exact) mass is 384 g/mol. The van der Waals surface area contributed by atoms with Crippen LogP contribution in [0.3, 0.4) is 0 Å². The highest BCUT2D eigenvalue weighted by Crippen LogP contribution is 2.17. The van der Waals surface area contributed by atoms with Gasteiger partial charge in [0.1, 0.15) is 11.6 Å². The molecule has 116 valence electrons. The third kappa shape index (κ3) is 4.18. The number of aryl methyl sites for hydroxylation is 1. The van der Waals surface area contributed by atoms with Crippen LogP contribution in [0.1, 0.15) is 5.56 Å². The van der Waals surface area contributed by atoms with Gasteiger partial charge in [-0.2, -0.15) is 0 Å². The number of hydrogen-bond donors (Lipinski definition) is 3. The molecule has 0 aliphatic heterocycles. The molecule has 0 aliphatic carbocycles. The maximum atomic E-state index is 12.1. The van der Waals surface area contributed by atoms with Gasteiger partial charge in [0.25, 0.3) is 10.0 Å². The minimum atomic E-state index is -3.96. The van der Waals surface area contributed by atoms with Gasteiger partial charge >= 0.3 is 6.03 Å². The number of aromatic nitrogens is 1. The number of sulfonamides is 1. The van der Waals surface area contributed by atoms with Gasteiger partial charge in [0.05, 0.1) is 4.90 Å². The topological polar surface area (TPSA) is 114 Å². The number of urea groups is 1. The number of rotatable bonds is 3. The summed E-state index contributed by atoms with van der Waals surface area (Å²) in [7, 11) is -3.96. The molecule has 0 unspecified atom stereocenters. The molecule has 0 saturated carbocycles. The number of nitrogens with one attached hydrogen (secondary N) is 2. The second kappa shape index (κ2) is 6.32. The van der Waals surface area contributed by atoms with E-state index >= 15 is 0 Å². The van der Waals surface area contributed by atoms with Crippen molar-refractivity contribution in [2.75, 3.05) is 11.1 Å². The number of nitrogens with two attached hydrogens (primary N) is 1. The summed E-state index contributed by atoms with van der Waals surface area (Å²) in [5, 5.41) is 2.31. The standard InChI is InChI=1S/C13H13BrN4O3S/c1-8-3-2-4-10(5-8)22(20,21)18-13(19)17-12-7-9(14)6-11(15)16-12/h2-7H,1H3,(H4,15,16,17,18,19). The van der Waals surface area contributed by atoms with Crippen LogP contribution in [0.25, 0.3) is 0 Å². The molecule has 0 atom stereocenters. The Bertz CT molecular complexity index is 804. The number of nitrogens with zero attached hydrogens (tertiary/aromatic N) is 1. The van der Waals surface area contributed by atoms with Gasteiger partial charge in [-0.25, -0.2) is 22.9 Å². The zero-order valence-electron chi connectivity index (χ0n) is 11.5. The van der Waals surface area contributed by atoms with E-state index in [0.29, 0.717) is 4.47 Å². The van der Waals surface area contributed by atoms with Crippen molar-refractivity contribution in [1.29, 1.82) is 0 Å². The Morgan fingerprint density at radius 2 is 2.00 bits per heavy atom. The van der Waals surface area contributed by atoms with Crippen LogP contribution in [-0.2, 0) is 10.0 Å². The van der Waals surface area contributed by atoms with Crippen LogP contribution >= 0.6 is 15.9 Å². The van der Waals surface area contributed by atoms with Gasteiger partial charge in [0, 0.05) is 4.47 Å². The lowest BCUT2D eigenvalue weighted by Gasteiger charge is -2.09. The fourth-order valence-electron chi connectivity index (χ4n) is 1.69. The lowest BCUT2D eigenvalue weighted by atomic mass is 10.2. The largest absolute Gasteiger partial charge is 0.384 e. The maximum Gasteiger partial charge on any atom is 0.334 e. The third-order valence-corrected chi connectivity index (χ3v) is 4.36. The van der Waals surface area contributed by atoms with E-state index in [1.54, 1.807) is 25.1 Å². The molecule has 0 spiro atoms. The molecule has 7 nitrogen and oxygen atoms in total. The van der Waals surface area contributed by atoms with Gasteiger partial charge in [-0.1, -0.05) is 28.1 Å². The number of amides is 2. The summed E-state index contributed by atoms with van der Waals surface area (Å²) in [5.74, 6) is 0.315. The Hall–Kier alpha value is -2.13. The van der Waals surface area contributed by atoms with Crippen molar-refractivity contribution in [2.24, 2.45) is 0 Å². The van der Waals surface area contributed by atoms with Crippen molar-refractivity contribution < 1.29 is 13.2 Å². The normalized spacial score (nSPS) is 11.0. The number of nitrogen functional groups attached to an aromatic ring is 1. The summed E-state index contributed by atoms with van der Waals surface area (Å²) < 4.78 is 26.7. The van der Waals surface area contributed by atoms with Crippen molar-refractivity contribution in [1.82, 2.24) is 9.71 Å². The second-order valence-electron chi connectivity index (χ2n) is 4.47. The van der Waals surface area contributed by atoms with E-state index in [2.05, 4.69) is 26.2 Å². The van der Waals surface area contributed by atoms with Gasteiger partial charge in [0.15, 0.2) is 0 Å². The second-order valence-corrected chi connectivity index (χ2v) is 7.07. The molecule has 1 aromatic carbocycles. The van der Waals surface area contributed by atoms with Crippen LogP contribution in [0, 0.1) is 6.92 Å². The number of anilines is 2. The first-order valence-electron chi connectivity index (χ1n) is 6.10.